The molecule has 22 heavy (non-hydrogen) atoms. The van der Waals surface area contributed by atoms with E-state index < -0.39 is 6.10 Å². The number of aromatic nitrogens is 2. The first-order valence-corrected chi connectivity index (χ1v) is 7.96. The molecule has 0 saturated carbocycles. The summed E-state index contributed by atoms with van der Waals surface area (Å²) in [7, 11) is 0. The molecule has 0 aliphatic rings. The molecule has 1 atom stereocenters. The second-order valence-electron chi connectivity index (χ2n) is 5.03. The smallest absolute Gasteiger partial charge is 0.174 e. The predicted octanol–water partition coefficient (Wildman–Crippen LogP) is 1.32. The Morgan fingerprint density at radius 2 is 1.91 bits per heavy atom. The highest BCUT2D eigenvalue weighted by Gasteiger charge is 2.13. The average Bonchev–Trinajstić information content (AvgIpc) is 3.10. The van der Waals surface area contributed by atoms with Crippen molar-refractivity contribution in [1.29, 1.82) is 0 Å². The molecule has 7 heteroatoms. The van der Waals surface area contributed by atoms with Crippen LogP contribution >= 0.6 is 0 Å². The molecule has 0 amide bonds. The Hall–Kier alpha value is -1.31. The summed E-state index contributed by atoms with van der Waals surface area (Å²) in [6.45, 7) is 3.44. The molecule has 0 radical (unpaired) electrons. The number of nitrogens with one attached hydrogen (secondary N) is 1. The van der Waals surface area contributed by atoms with Crippen LogP contribution in [0, 0.1) is 0 Å². The maximum Gasteiger partial charge on any atom is 0.174 e. The van der Waals surface area contributed by atoms with Crippen molar-refractivity contribution in [1.82, 2.24) is 15.6 Å². The van der Waals surface area contributed by atoms with E-state index in [4.69, 9.17) is 5.11 Å². The number of hydrogen-bond donors (Lipinski definition) is 3. The standard InChI is InChI=1S/C13H27NO3.C2H2N2O/c1-2-3-6-9-14-11-13(17)12(16)8-5-4-7-10-15;1-2-4-5-3-1/h12,14-16H,2-11H2,1H3;1-2H. The summed E-state index contributed by atoms with van der Waals surface area (Å²) in [5.41, 5.74) is 0. The van der Waals surface area contributed by atoms with Gasteiger partial charge in [-0.3, -0.25) is 4.79 Å². The summed E-state index contributed by atoms with van der Waals surface area (Å²) in [6.07, 6.45) is 8.44. The van der Waals surface area contributed by atoms with Gasteiger partial charge in [0.05, 0.1) is 18.9 Å². The molecule has 1 unspecified atom stereocenters. The van der Waals surface area contributed by atoms with Crippen molar-refractivity contribution in [2.45, 2.75) is 58.0 Å². The van der Waals surface area contributed by atoms with Gasteiger partial charge < -0.3 is 15.5 Å². The van der Waals surface area contributed by atoms with Crippen LogP contribution in [0.25, 0.3) is 0 Å². The lowest BCUT2D eigenvalue weighted by Crippen LogP contribution is -2.32. The molecule has 1 rings (SSSR count). The Balaban J connectivity index is 0.000000734. The van der Waals surface area contributed by atoms with Gasteiger partial charge in [-0.1, -0.05) is 42.9 Å². The van der Waals surface area contributed by atoms with Gasteiger partial charge in [-0.05, 0) is 25.8 Å². The first-order chi connectivity index (χ1) is 10.7. The van der Waals surface area contributed by atoms with Crippen LogP contribution in [0.2, 0.25) is 0 Å². The molecule has 0 fully saturated rings. The topological polar surface area (TPSA) is 108 Å². The maximum absolute atomic E-state index is 11.5. The van der Waals surface area contributed by atoms with Crippen molar-refractivity contribution in [3.8, 4) is 0 Å². The van der Waals surface area contributed by atoms with Crippen LogP contribution in [-0.2, 0) is 4.79 Å². The Kier molecular flexibility index (Phi) is 15.1. The minimum Gasteiger partial charge on any atom is -0.396 e. The van der Waals surface area contributed by atoms with E-state index in [-0.39, 0.29) is 18.9 Å². The van der Waals surface area contributed by atoms with Gasteiger partial charge in [-0.25, -0.2) is 4.63 Å². The van der Waals surface area contributed by atoms with E-state index >= 15 is 0 Å². The largest absolute Gasteiger partial charge is 0.396 e. The van der Waals surface area contributed by atoms with Gasteiger partial charge in [0.15, 0.2) is 5.78 Å². The highest BCUT2D eigenvalue weighted by Crippen LogP contribution is 2.04. The van der Waals surface area contributed by atoms with Crippen molar-refractivity contribution in [3.05, 3.63) is 12.4 Å². The van der Waals surface area contributed by atoms with E-state index in [1.165, 1.54) is 25.2 Å². The molecule has 3 N–H and O–H groups in total. The second-order valence-corrected chi connectivity index (χ2v) is 5.03. The number of aliphatic hydroxyl groups is 2. The van der Waals surface area contributed by atoms with Gasteiger partial charge in [0, 0.05) is 6.61 Å². The Bertz CT molecular complexity index is 316. The Morgan fingerprint density at radius 3 is 2.45 bits per heavy atom. The zero-order valence-corrected chi connectivity index (χ0v) is 13.4. The molecule has 7 nitrogen and oxygen atoms in total. The highest BCUT2D eigenvalue weighted by atomic mass is 16.6. The lowest BCUT2D eigenvalue weighted by molar-refractivity contribution is -0.126. The van der Waals surface area contributed by atoms with E-state index in [0.29, 0.717) is 6.42 Å². The van der Waals surface area contributed by atoms with Gasteiger partial charge in [-0.15, -0.1) is 0 Å². The number of rotatable bonds is 12. The monoisotopic (exact) mass is 315 g/mol. The summed E-state index contributed by atoms with van der Waals surface area (Å²) in [5, 5.41) is 27.7. The van der Waals surface area contributed by atoms with Gasteiger partial charge in [-0.2, -0.15) is 0 Å². The molecule has 0 aliphatic heterocycles. The molecule has 1 heterocycles. The Morgan fingerprint density at radius 1 is 1.18 bits per heavy atom. The van der Waals surface area contributed by atoms with E-state index in [1.54, 1.807) is 0 Å². The summed E-state index contributed by atoms with van der Waals surface area (Å²) in [4.78, 5) is 11.5. The zero-order valence-electron chi connectivity index (χ0n) is 13.4. The number of carbonyl (C=O) groups excluding carboxylic acids is 1. The first kappa shape index (κ1) is 20.7. The molecule has 0 spiro atoms. The fourth-order valence-corrected chi connectivity index (χ4v) is 1.75. The molecule has 1 aromatic rings. The quantitative estimate of drug-likeness (QED) is 0.499. The predicted molar refractivity (Wildman–Crippen MR) is 83.3 cm³/mol. The van der Waals surface area contributed by atoms with Gasteiger partial charge >= 0.3 is 0 Å². The van der Waals surface area contributed by atoms with Gasteiger partial charge in [0.1, 0.15) is 6.10 Å². The lowest BCUT2D eigenvalue weighted by atomic mass is 10.1. The maximum atomic E-state index is 11.5. The normalized spacial score (nSPS) is 11.6. The van der Waals surface area contributed by atoms with E-state index in [0.717, 1.165) is 32.2 Å². The summed E-state index contributed by atoms with van der Waals surface area (Å²) >= 11 is 0. The molecular formula is C15H29N3O4. The third-order valence-electron chi connectivity index (χ3n) is 3.05. The number of ketones is 1. The van der Waals surface area contributed by atoms with Crippen LogP contribution < -0.4 is 5.32 Å². The molecule has 0 saturated heterocycles. The van der Waals surface area contributed by atoms with E-state index in [2.05, 4.69) is 27.2 Å². The van der Waals surface area contributed by atoms with Gasteiger partial charge in [0.25, 0.3) is 0 Å². The highest BCUT2D eigenvalue weighted by molar-refractivity contribution is 5.84. The minimum absolute atomic E-state index is 0.120. The van der Waals surface area contributed by atoms with Crippen LogP contribution in [0.1, 0.15) is 51.9 Å². The van der Waals surface area contributed by atoms with Crippen molar-refractivity contribution >= 4 is 5.78 Å². The lowest BCUT2D eigenvalue weighted by Gasteiger charge is -2.10. The molecule has 128 valence electrons. The number of nitrogens with zero attached hydrogens (tertiary/aromatic N) is 2. The molecule has 0 bridgehead atoms. The van der Waals surface area contributed by atoms with Crippen molar-refractivity contribution in [2.75, 3.05) is 19.7 Å². The van der Waals surface area contributed by atoms with E-state index in [9.17, 15) is 9.90 Å². The molecule has 1 aromatic heterocycles. The molecular weight excluding hydrogens is 286 g/mol. The van der Waals surface area contributed by atoms with Gasteiger partial charge in [0.2, 0.25) is 0 Å². The third kappa shape index (κ3) is 13.7. The van der Waals surface area contributed by atoms with Crippen LogP contribution in [0.3, 0.4) is 0 Å². The second kappa shape index (κ2) is 16.1. The van der Waals surface area contributed by atoms with Crippen molar-refractivity contribution in [3.63, 3.8) is 0 Å². The minimum atomic E-state index is -0.840. The number of carbonyl (C=O) groups is 1. The van der Waals surface area contributed by atoms with Crippen molar-refractivity contribution < 1.29 is 19.6 Å². The number of hydrogen-bond acceptors (Lipinski definition) is 7. The molecule has 0 aliphatic carbocycles. The number of unbranched alkanes of at least 4 members (excludes halogenated alkanes) is 4. The van der Waals surface area contributed by atoms with Crippen LogP contribution in [0.4, 0.5) is 0 Å². The van der Waals surface area contributed by atoms with E-state index in [1.807, 2.05) is 0 Å². The summed E-state index contributed by atoms with van der Waals surface area (Å²) in [5.74, 6) is -0.120. The molecule has 0 aromatic carbocycles. The average molecular weight is 315 g/mol. The number of Topliss-reactive ketones (excluding diaryl/α,β-unsaturated/α-hetero) is 1. The van der Waals surface area contributed by atoms with Crippen LogP contribution in [-0.4, -0.2) is 52.1 Å². The fraction of sp³-hybridized carbons (Fsp3) is 0.800. The van der Waals surface area contributed by atoms with Crippen LogP contribution in [0.5, 0.6) is 0 Å². The zero-order chi connectivity index (χ0) is 16.5. The summed E-state index contributed by atoms with van der Waals surface area (Å²) in [6, 6.07) is 0. The Labute approximate surface area is 132 Å². The van der Waals surface area contributed by atoms with Crippen molar-refractivity contribution in [2.24, 2.45) is 0 Å². The summed E-state index contributed by atoms with van der Waals surface area (Å²) < 4.78 is 4.08. The van der Waals surface area contributed by atoms with Crippen LogP contribution in [0.15, 0.2) is 17.0 Å². The first-order valence-electron chi connectivity index (χ1n) is 7.96. The number of aliphatic hydroxyl groups excluding tert-OH is 2. The SMILES string of the molecule is CCCCCNCC(=O)C(O)CCCCCO.c1cnon1. The fourth-order valence-electron chi connectivity index (χ4n) is 1.75. The third-order valence-corrected chi connectivity index (χ3v) is 3.05.